The predicted molar refractivity (Wildman–Crippen MR) is 162 cm³/mol. The van der Waals surface area contributed by atoms with Crippen LogP contribution >= 0.6 is 23.2 Å². The SMILES string of the molecule is CC(C)CC(NC(=O)[C@@H]1C[C@@H](S(=O)(=O)c2ccccc2Cl)CN1C(=O)C1(c2ccc(Cl)cc2)CC1)C(=O)C(=O)NC1CC1. The second kappa shape index (κ2) is 12.2. The highest BCUT2D eigenvalue weighted by Crippen LogP contribution is 2.51. The van der Waals surface area contributed by atoms with E-state index in [9.17, 15) is 27.6 Å². The van der Waals surface area contributed by atoms with Gasteiger partial charge in [0.25, 0.3) is 5.91 Å². The largest absolute Gasteiger partial charge is 0.347 e. The van der Waals surface area contributed by atoms with E-state index >= 15 is 0 Å². The number of carbonyl (C=O) groups excluding carboxylic acids is 4. The first-order valence-electron chi connectivity index (χ1n) is 14.5. The standard InChI is InChI=1S/C31H35Cl2N3O6S/c1-18(2)15-24(27(37)29(39)34-21-11-12-21)35-28(38)25-16-22(43(41,42)26-6-4-3-5-23(26)33)17-36(25)30(40)31(13-14-31)19-7-9-20(32)10-8-19/h3-10,18,21-22,24-25H,11-17H2,1-2H3,(H,34,39)(H,35,38)/t22-,24?,25+/m1/s1. The van der Waals surface area contributed by atoms with Crippen LogP contribution in [0.25, 0.3) is 0 Å². The lowest BCUT2D eigenvalue weighted by Crippen LogP contribution is -2.54. The van der Waals surface area contributed by atoms with Crippen LogP contribution in [-0.2, 0) is 34.4 Å². The quantitative estimate of drug-likeness (QED) is 0.357. The van der Waals surface area contributed by atoms with Crippen molar-refractivity contribution in [1.82, 2.24) is 15.5 Å². The minimum absolute atomic E-state index is 0.0303. The van der Waals surface area contributed by atoms with E-state index in [4.69, 9.17) is 23.2 Å². The summed E-state index contributed by atoms with van der Waals surface area (Å²) in [6, 6.07) is 10.7. The van der Waals surface area contributed by atoms with Gasteiger partial charge in [-0.15, -0.1) is 0 Å². The Morgan fingerprint density at radius 2 is 1.65 bits per heavy atom. The molecule has 1 saturated heterocycles. The normalized spacial score (nSPS) is 21.7. The molecule has 0 bridgehead atoms. The van der Waals surface area contributed by atoms with Crippen molar-refractivity contribution in [2.24, 2.45) is 5.92 Å². The Labute approximate surface area is 261 Å². The predicted octanol–water partition coefficient (Wildman–Crippen LogP) is 3.85. The average Bonchev–Trinajstić information content (AvgIpc) is 3.89. The third kappa shape index (κ3) is 6.61. The molecule has 2 aromatic carbocycles. The molecule has 9 nitrogen and oxygen atoms in total. The van der Waals surface area contributed by atoms with Crippen LogP contribution < -0.4 is 10.6 Å². The van der Waals surface area contributed by atoms with Crippen molar-refractivity contribution >= 4 is 56.5 Å². The number of Topliss-reactive ketones (excluding diaryl/α,β-unsaturated/α-hetero) is 1. The van der Waals surface area contributed by atoms with E-state index in [1.165, 1.54) is 17.0 Å². The molecule has 12 heteroatoms. The molecule has 0 radical (unpaired) electrons. The Bertz CT molecular complexity index is 1540. The van der Waals surface area contributed by atoms with Crippen LogP contribution in [0.3, 0.4) is 0 Å². The molecule has 2 N–H and O–H groups in total. The van der Waals surface area contributed by atoms with Crippen molar-refractivity contribution < 1.29 is 27.6 Å². The number of halogens is 2. The lowest BCUT2D eigenvalue weighted by atomic mass is 9.94. The number of hydrogen-bond acceptors (Lipinski definition) is 6. The van der Waals surface area contributed by atoms with E-state index < -0.39 is 50.2 Å². The first-order valence-corrected chi connectivity index (χ1v) is 16.8. The molecule has 230 valence electrons. The Morgan fingerprint density at radius 3 is 2.23 bits per heavy atom. The molecule has 2 saturated carbocycles. The summed E-state index contributed by atoms with van der Waals surface area (Å²) in [4.78, 5) is 55.1. The monoisotopic (exact) mass is 647 g/mol. The lowest BCUT2D eigenvalue weighted by Gasteiger charge is -2.30. The Hall–Kier alpha value is -2.95. The molecule has 43 heavy (non-hydrogen) atoms. The lowest BCUT2D eigenvalue weighted by molar-refractivity contribution is -0.143. The van der Waals surface area contributed by atoms with Crippen LogP contribution in [0.4, 0.5) is 0 Å². The summed E-state index contributed by atoms with van der Waals surface area (Å²) >= 11 is 12.3. The van der Waals surface area contributed by atoms with Crippen LogP contribution in [0.1, 0.15) is 57.9 Å². The topological polar surface area (TPSA) is 130 Å². The highest BCUT2D eigenvalue weighted by atomic mass is 35.5. The van der Waals surface area contributed by atoms with Crippen LogP contribution in [0, 0.1) is 5.92 Å². The number of hydrogen-bond donors (Lipinski definition) is 2. The fraction of sp³-hybridized carbons (Fsp3) is 0.484. The van der Waals surface area contributed by atoms with Crippen molar-refractivity contribution in [2.45, 2.75) is 86.1 Å². The molecule has 0 spiro atoms. The molecule has 1 aliphatic heterocycles. The second-order valence-corrected chi connectivity index (χ2v) is 15.2. The van der Waals surface area contributed by atoms with Crippen molar-refractivity contribution in [3.8, 4) is 0 Å². The molecule has 1 unspecified atom stereocenters. The number of ketones is 1. The summed E-state index contributed by atoms with van der Waals surface area (Å²) in [7, 11) is -4.04. The highest BCUT2D eigenvalue weighted by Gasteiger charge is 2.57. The van der Waals surface area contributed by atoms with Gasteiger partial charge < -0.3 is 15.5 Å². The fourth-order valence-electron chi connectivity index (χ4n) is 5.76. The number of rotatable bonds is 11. The first-order chi connectivity index (χ1) is 20.3. The maximum atomic E-state index is 14.2. The summed E-state index contributed by atoms with van der Waals surface area (Å²) < 4.78 is 27.5. The minimum atomic E-state index is -4.04. The van der Waals surface area contributed by atoms with Gasteiger partial charge in [0.1, 0.15) is 6.04 Å². The van der Waals surface area contributed by atoms with Crippen molar-refractivity contribution in [1.29, 1.82) is 0 Å². The van der Waals surface area contributed by atoms with Crippen LogP contribution in [0.15, 0.2) is 53.4 Å². The molecule has 3 atom stereocenters. The maximum Gasteiger partial charge on any atom is 0.289 e. The summed E-state index contributed by atoms with van der Waals surface area (Å²) in [5.74, 6) is -2.57. The summed E-state index contributed by atoms with van der Waals surface area (Å²) in [6.45, 7) is 3.52. The van der Waals surface area contributed by atoms with Gasteiger partial charge in [0.05, 0.1) is 26.6 Å². The van der Waals surface area contributed by atoms with Gasteiger partial charge in [0.15, 0.2) is 9.84 Å². The van der Waals surface area contributed by atoms with Crippen LogP contribution in [0.2, 0.25) is 10.0 Å². The van der Waals surface area contributed by atoms with Crippen molar-refractivity contribution in [3.05, 3.63) is 64.1 Å². The van der Waals surface area contributed by atoms with Gasteiger partial charge in [0.2, 0.25) is 17.6 Å². The van der Waals surface area contributed by atoms with Crippen molar-refractivity contribution in [2.75, 3.05) is 6.54 Å². The first kappa shape index (κ1) is 31.5. The number of nitrogens with one attached hydrogen (secondary N) is 2. The van der Waals surface area contributed by atoms with E-state index in [1.807, 2.05) is 13.8 Å². The zero-order chi connectivity index (χ0) is 31.1. The molecule has 3 aliphatic rings. The van der Waals surface area contributed by atoms with Crippen LogP contribution in [0.5, 0.6) is 0 Å². The second-order valence-electron chi connectivity index (χ2n) is 12.2. The fourth-order valence-corrected chi connectivity index (χ4v) is 8.10. The van der Waals surface area contributed by atoms with Gasteiger partial charge in [-0.05, 0) is 74.3 Å². The summed E-state index contributed by atoms with van der Waals surface area (Å²) in [5.41, 5.74) is -0.160. The number of carbonyl (C=O) groups is 4. The van der Waals surface area contributed by atoms with Gasteiger partial charge in [-0.2, -0.15) is 0 Å². The zero-order valence-electron chi connectivity index (χ0n) is 24.0. The smallest absolute Gasteiger partial charge is 0.289 e. The van der Waals surface area contributed by atoms with E-state index in [-0.39, 0.29) is 47.2 Å². The van der Waals surface area contributed by atoms with Gasteiger partial charge in [-0.1, -0.05) is 61.3 Å². The zero-order valence-corrected chi connectivity index (χ0v) is 26.3. The minimum Gasteiger partial charge on any atom is -0.347 e. The molecule has 3 amide bonds. The number of sulfone groups is 1. The van der Waals surface area contributed by atoms with Crippen molar-refractivity contribution in [3.63, 3.8) is 0 Å². The maximum absolute atomic E-state index is 14.2. The van der Waals surface area contributed by atoms with E-state index in [0.29, 0.717) is 17.9 Å². The molecule has 1 heterocycles. The highest BCUT2D eigenvalue weighted by molar-refractivity contribution is 7.92. The van der Waals surface area contributed by atoms with E-state index in [2.05, 4.69) is 10.6 Å². The summed E-state index contributed by atoms with van der Waals surface area (Å²) in [5, 5.41) is 4.85. The molecule has 2 aliphatic carbocycles. The average molecular weight is 649 g/mol. The van der Waals surface area contributed by atoms with Gasteiger partial charge in [-0.3, -0.25) is 19.2 Å². The number of amides is 3. The Balaban J connectivity index is 1.45. The molecular weight excluding hydrogens is 613 g/mol. The van der Waals surface area contributed by atoms with E-state index in [1.54, 1.807) is 36.4 Å². The molecular formula is C31H35Cl2N3O6S. The Morgan fingerprint density at radius 1 is 1.00 bits per heavy atom. The number of likely N-dealkylation sites (tertiary alicyclic amines) is 1. The molecule has 2 aromatic rings. The molecule has 0 aromatic heterocycles. The van der Waals surface area contributed by atoms with Crippen LogP contribution in [-0.4, -0.2) is 66.7 Å². The number of nitrogens with zero attached hydrogens (tertiary/aromatic N) is 1. The van der Waals surface area contributed by atoms with Gasteiger partial charge >= 0.3 is 0 Å². The van der Waals surface area contributed by atoms with Gasteiger partial charge in [0, 0.05) is 17.6 Å². The number of benzene rings is 2. The Kier molecular flexibility index (Phi) is 8.94. The molecule has 3 fully saturated rings. The third-order valence-electron chi connectivity index (χ3n) is 8.44. The third-order valence-corrected chi connectivity index (χ3v) is 11.3. The molecule has 5 rings (SSSR count). The van der Waals surface area contributed by atoms with Gasteiger partial charge in [-0.25, -0.2) is 8.42 Å². The summed E-state index contributed by atoms with van der Waals surface area (Å²) in [6.07, 6.45) is 2.70. The van der Waals surface area contributed by atoms with E-state index in [0.717, 1.165) is 18.4 Å².